The molecule has 0 bridgehead atoms. The van der Waals surface area contributed by atoms with E-state index in [1.807, 2.05) is 13.8 Å². The zero-order valence-electron chi connectivity index (χ0n) is 9.86. The molecule has 0 heterocycles. The first-order valence-corrected chi connectivity index (χ1v) is 5.32. The second kappa shape index (κ2) is 6.91. The lowest BCUT2D eigenvalue weighted by atomic mass is 9.87. The quantitative estimate of drug-likeness (QED) is 0.519. The van der Waals surface area contributed by atoms with Crippen LogP contribution in [0.15, 0.2) is 12.7 Å². The van der Waals surface area contributed by atoms with Crippen molar-refractivity contribution in [2.75, 3.05) is 26.3 Å². The summed E-state index contributed by atoms with van der Waals surface area (Å²) in [6.07, 6.45) is -1.96. The van der Waals surface area contributed by atoms with E-state index < -0.39 is 12.8 Å². The van der Waals surface area contributed by atoms with Crippen molar-refractivity contribution in [1.82, 2.24) is 5.32 Å². The Labute approximate surface area is 94.9 Å². The van der Waals surface area contributed by atoms with Gasteiger partial charge in [0, 0.05) is 13.2 Å². The van der Waals surface area contributed by atoms with Gasteiger partial charge in [-0.2, -0.15) is 13.2 Å². The predicted octanol–water partition coefficient (Wildman–Crippen LogP) is 2.76. The van der Waals surface area contributed by atoms with Crippen molar-refractivity contribution in [3.05, 3.63) is 12.7 Å². The van der Waals surface area contributed by atoms with Crippen LogP contribution in [-0.2, 0) is 4.74 Å². The van der Waals surface area contributed by atoms with Crippen LogP contribution in [0.1, 0.15) is 20.3 Å². The highest BCUT2D eigenvalue weighted by molar-refractivity contribution is 4.92. The number of ether oxygens (including phenoxy) is 1. The number of halogens is 3. The van der Waals surface area contributed by atoms with Crippen molar-refractivity contribution < 1.29 is 17.9 Å². The molecule has 1 N–H and O–H groups in total. The van der Waals surface area contributed by atoms with Gasteiger partial charge in [-0.1, -0.05) is 19.9 Å². The molecule has 0 aromatic rings. The first kappa shape index (κ1) is 15.4. The summed E-state index contributed by atoms with van der Waals surface area (Å²) in [5, 5.41) is 3.15. The lowest BCUT2D eigenvalue weighted by Gasteiger charge is -2.25. The van der Waals surface area contributed by atoms with Crippen molar-refractivity contribution in [2.24, 2.45) is 5.41 Å². The van der Waals surface area contributed by atoms with Crippen molar-refractivity contribution in [3.63, 3.8) is 0 Å². The van der Waals surface area contributed by atoms with Gasteiger partial charge < -0.3 is 10.1 Å². The maximum absolute atomic E-state index is 11.8. The first-order valence-electron chi connectivity index (χ1n) is 5.32. The van der Waals surface area contributed by atoms with Crippen molar-refractivity contribution >= 4 is 0 Å². The summed E-state index contributed by atoms with van der Waals surface area (Å²) in [7, 11) is 0. The predicted molar refractivity (Wildman–Crippen MR) is 58.3 cm³/mol. The van der Waals surface area contributed by atoms with Crippen molar-refractivity contribution in [3.8, 4) is 0 Å². The third-order valence-corrected chi connectivity index (χ3v) is 2.35. The molecule has 0 aliphatic carbocycles. The average molecular weight is 239 g/mol. The fourth-order valence-electron chi connectivity index (χ4n) is 1.17. The Morgan fingerprint density at radius 1 is 1.38 bits per heavy atom. The van der Waals surface area contributed by atoms with Gasteiger partial charge in [0.1, 0.15) is 6.61 Å². The minimum atomic E-state index is -4.24. The Morgan fingerprint density at radius 2 is 2.00 bits per heavy atom. The molecule has 0 saturated carbocycles. The molecule has 0 amide bonds. The second-order valence-electron chi connectivity index (χ2n) is 4.06. The van der Waals surface area contributed by atoms with Gasteiger partial charge in [-0.05, 0) is 18.4 Å². The van der Waals surface area contributed by atoms with Gasteiger partial charge in [0.05, 0.1) is 0 Å². The zero-order valence-corrected chi connectivity index (χ0v) is 9.86. The molecule has 0 aromatic heterocycles. The van der Waals surface area contributed by atoms with E-state index in [9.17, 15) is 13.2 Å². The van der Waals surface area contributed by atoms with Crippen LogP contribution in [0.25, 0.3) is 0 Å². The largest absolute Gasteiger partial charge is 0.411 e. The second-order valence-corrected chi connectivity index (χ2v) is 4.06. The maximum Gasteiger partial charge on any atom is 0.411 e. The van der Waals surface area contributed by atoms with Crippen LogP contribution in [0.2, 0.25) is 0 Å². The summed E-state index contributed by atoms with van der Waals surface area (Å²) < 4.78 is 40.0. The van der Waals surface area contributed by atoms with Crippen LogP contribution in [0.3, 0.4) is 0 Å². The van der Waals surface area contributed by atoms with Crippen LogP contribution in [0.5, 0.6) is 0 Å². The summed E-state index contributed by atoms with van der Waals surface area (Å²) >= 11 is 0. The third-order valence-electron chi connectivity index (χ3n) is 2.35. The van der Waals surface area contributed by atoms with E-state index >= 15 is 0 Å². The smallest absolute Gasteiger partial charge is 0.372 e. The summed E-state index contributed by atoms with van der Waals surface area (Å²) in [5.41, 5.74) is -0.221. The molecule has 2 nitrogen and oxygen atoms in total. The number of alkyl halides is 3. The van der Waals surface area contributed by atoms with Gasteiger partial charge in [-0.3, -0.25) is 0 Å². The fraction of sp³-hybridized carbons (Fsp3) is 0.818. The fourth-order valence-corrected chi connectivity index (χ4v) is 1.17. The number of hydrogen-bond donors (Lipinski definition) is 1. The van der Waals surface area contributed by atoms with E-state index in [0.717, 1.165) is 6.54 Å². The van der Waals surface area contributed by atoms with Crippen molar-refractivity contribution in [2.45, 2.75) is 26.4 Å². The van der Waals surface area contributed by atoms with E-state index in [-0.39, 0.29) is 12.0 Å². The summed E-state index contributed by atoms with van der Waals surface area (Å²) in [5.74, 6) is 0. The van der Waals surface area contributed by atoms with Gasteiger partial charge in [0.15, 0.2) is 0 Å². The SMILES string of the molecule is C=CC(C)(CCOCC(F)(F)F)CNCC. The number of rotatable bonds is 8. The first-order chi connectivity index (χ1) is 7.33. The third kappa shape index (κ3) is 7.70. The summed E-state index contributed by atoms with van der Waals surface area (Å²) in [6, 6.07) is 0. The Kier molecular flexibility index (Phi) is 6.67. The molecular formula is C11H20F3NO. The highest BCUT2D eigenvalue weighted by Gasteiger charge is 2.28. The molecule has 5 heteroatoms. The summed E-state index contributed by atoms with van der Waals surface area (Å²) in [6.45, 7) is 8.05. The minimum Gasteiger partial charge on any atom is -0.372 e. The standard InChI is InChI=1S/C11H20F3NO/c1-4-10(3,8-15-5-2)6-7-16-9-11(12,13)14/h4,15H,1,5-9H2,2-3H3. The van der Waals surface area contributed by atoms with Gasteiger partial charge in [0.2, 0.25) is 0 Å². The van der Waals surface area contributed by atoms with E-state index in [4.69, 9.17) is 0 Å². The molecule has 0 aliphatic heterocycles. The molecule has 0 radical (unpaired) electrons. The Hall–Kier alpha value is -0.550. The monoisotopic (exact) mass is 239 g/mol. The molecule has 96 valence electrons. The molecule has 0 spiro atoms. The number of nitrogens with one attached hydrogen (secondary N) is 1. The highest BCUT2D eigenvalue weighted by atomic mass is 19.4. The molecule has 0 aliphatic rings. The molecule has 1 unspecified atom stereocenters. The topological polar surface area (TPSA) is 21.3 Å². The zero-order chi connectivity index (χ0) is 12.7. The van der Waals surface area contributed by atoms with Gasteiger partial charge in [-0.25, -0.2) is 0 Å². The van der Waals surface area contributed by atoms with Crippen LogP contribution < -0.4 is 5.32 Å². The molecule has 16 heavy (non-hydrogen) atoms. The summed E-state index contributed by atoms with van der Waals surface area (Å²) in [4.78, 5) is 0. The van der Waals surface area contributed by atoms with Crippen LogP contribution in [-0.4, -0.2) is 32.5 Å². The van der Waals surface area contributed by atoms with Crippen LogP contribution >= 0.6 is 0 Å². The lowest BCUT2D eigenvalue weighted by Crippen LogP contribution is -2.31. The average Bonchev–Trinajstić information content (AvgIpc) is 2.20. The Bertz CT molecular complexity index is 206. The van der Waals surface area contributed by atoms with Gasteiger partial charge in [-0.15, -0.1) is 6.58 Å². The molecule has 1 atom stereocenters. The van der Waals surface area contributed by atoms with Crippen LogP contribution in [0, 0.1) is 5.41 Å². The van der Waals surface area contributed by atoms with E-state index in [0.29, 0.717) is 13.0 Å². The number of hydrogen-bond acceptors (Lipinski definition) is 2. The molecule has 0 saturated heterocycles. The van der Waals surface area contributed by atoms with Gasteiger partial charge >= 0.3 is 6.18 Å². The Morgan fingerprint density at radius 3 is 2.44 bits per heavy atom. The minimum absolute atomic E-state index is 0.0907. The molecule has 0 fully saturated rings. The normalized spacial score (nSPS) is 15.8. The highest BCUT2D eigenvalue weighted by Crippen LogP contribution is 2.22. The maximum atomic E-state index is 11.8. The lowest BCUT2D eigenvalue weighted by molar-refractivity contribution is -0.175. The molecule has 0 aromatic carbocycles. The molecule has 0 rings (SSSR count). The van der Waals surface area contributed by atoms with Crippen molar-refractivity contribution in [1.29, 1.82) is 0 Å². The van der Waals surface area contributed by atoms with Crippen LogP contribution in [0.4, 0.5) is 13.2 Å². The van der Waals surface area contributed by atoms with E-state index in [1.165, 1.54) is 0 Å². The van der Waals surface area contributed by atoms with E-state index in [2.05, 4.69) is 16.6 Å². The van der Waals surface area contributed by atoms with E-state index in [1.54, 1.807) is 6.08 Å². The Balaban J connectivity index is 3.82. The molecular weight excluding hydrogens is 219 g/mol. The van der Waals surface area contributed by atoms with Gasteiger partial charge in [0.25, 0.3) is 0 Å².